The largest absolute Gasteiger partial charge is 0.504 e. The molecule has 0 spiro atoms. The molecule has 5 heteroatoms. The summed E-state index contributed by atoms with van der Waals surface area (Å²) >= 11 is 3.26. The number of hydrogen-bond acceptors (Lipinski definition) is 4. The van der Waals surface area contributed by atoms with E-state index in [1.54, 1.807) is 6.07 Å². The van der Waals surface area contributed by atoms with Crippen LogP contribution in [0.1, 0.15) is 18.1 Å². The third-order valence-electron chi connectivity index (χ3n) is 2.10. The van der Waals surface area contributed by atoms with Crippen molar-refractivity contribution in [2.24, 2.45) is 5.73 Å². The molecule has 15 heavy (non-hydrogen) atoms. The van der Waals surface area contributed by atoms with Crippen LogP contribution in [0.4, 0.5) is 0 Å². The minimum absolute atomic E-state index is 0.0353. The fraction of sp³-hybridized carbons (Fsp3) is 0.400. The molecule has 84 valence electrons. The molecule has 0 radical (unpaired) electrons. The molecule has 1 aromatic rings. The van der Waals surface area contributed by atoms with Crippen molar-refractivity contribution < 1.29 is 14.9 Å². The van der Waals surface area contributed by atoms with Crippen molar-refractivity contribution in [3.05, 3.63) is 22.2 Å². The zero-order chi connectivity index (χ0) is 11.4. The lowest BCUT2D eigenvalue weighted by Crippen LogP contribution is -2.07. The van der Waals surface area contributed by atoms with Crippen LogP contribution in [0.5, 0.6) is 11.5 Å². The van der Waals surface area contributed by atoms with Gasteiger partial charge in [-0.1, -0.05) is 15.9 Å². The first-order chi connectivity index (χ1) is 7.10. The van der Waals surface area contributed by atoms with Crippen LogP contribution in [-0.2, 0) is 0 Å². The Labute approximate surface area is 96.8 Å². The van der Waals surface area contributed by atoms with E-state index in [9.17, 15) is 10.2 Å². The number of aliphatic hydroxyl groups is 1. The summed E-state index contributed by atoms with van der Waals surface area (Å²) < 4.78 is 5.60. The van der Waals surface area contributed by atoms with Crippen molar-refractivity contribution in [2.45, 2.75) is 12.5 Å². The van der Waals surface area contributed by atoms with E-state index >= 15 is 0 Å². The summed E-state index contributed by atoms with van der Waals surface area (Å²) in [5.74, 6) is 0.373. The predicted octanol–water partition coefficient (Wildman–Crippen LogP) is 1.55. The van der Waals surface area contributed by atoms with Crippen LogP contribution < -0.4 is 10.5 Å². The highest BCUT2D eigenvalue weighted by atomic mass is 79.9. The number of rotatable bonds is 4. The molecule has 0 aliphatic heterocycles. The van der Waals surface area contributed by atoms with Gasteiger partial charge in [-0.3, -0.25) is 0 Å². The molecule has 0 aromatic heterocycles. The number of benzene rings is 1. The Morgan fingerprint density at radius 1 is 1.53 bits per heavy atom. The third kappa shape index (κ3) is 2.84. The highest BCUT2D eigenvalue weighted by Gasteiger charge is 2.14. The molecule has 1 rings (SSSR count). The number of hydrogen-bond donors (Lipinski definition) is 3. The summed E-state index contributed by atoms with van der Waals surface area (Å²) in [6, 6.07) is 3.09. The van der Waals surface area contributed by atoms with Gasteiger partial charge in [0.2, 0.25) is 0 Å². The highest BCUT2D eigenvalue weighted by Crippen LogP contribution is 2.35. The second-order valence-corrected chi connectivity index (χ2v) is 3.99. The van der Waals surface area contributed by atoms with Gasteiger partial charge >= 0.3 is 0 Å². The minimum atomic E-state index is -0.654. The first kappa shape index (κ1) is 12.3. The SMILES string of the molecule is COc1cc([C@H](O)CCN)c(Br)cc1O. The molecule has 0 saturated carbocycles. The Morgan fingerprint density at radius 2 is 2.20 bits per heavy atom. The zero-order valence-corrected chi connectivity index (χ0v) is 9.99. The van der Waals surface area contributed by atoms with Crippen molar-refractivity contribution in [3.63, 3.8) is 0 Å². The standard InChI is InChI=1S/C10H14BrNO3/c1-15-10-4-6(8(13)2-3-12)7(11)5-9(10)14/h4-5,8,13-14H,2-3,12H2,1H3/t8-/m1/s1. The molecule has 0 saturated heterocycles. The second-order valence-electron chi connectivity index (χ2n) is 3.14. The van der Waals surface area contributed by atoms with Gasteiger partial charge < -0.3 is 20.7 Å². The molecule has 0 bridgehead atoms. The van der Waals surface area contributed by atoms with E-state index in [2.05, 4.69) is 15.9 Å². The van der Waals surface area contributed by atoms with Gasteiger partial charge in [0.15, 0.2) is 11.5 Å². The monoisotopic (exact) mass is 275 g/mol. The van der Waals surface area contributed by atoms with Crippen LogP contribution in [0.25, 0.3) is 0 Å². The van der Waals surface area contributed by atoms with Crippen LogP contribution in [0, 0.1) is 0 Å². The second kappa shape index (κ2) is 5.34. The zero-order valence-electron chi connectivity index (χ0n) is 8.40. The Morgan fingerprint density at radius 3 is 2.73 bits per heavy atom. The summed E-state index contributed by atoms with van der Waals surface area (Å²) in [4.78, 5) is 0. The van der Waals surface area contributed by atoms with E-state index in [0.717, 1.165) is 0 Å². The Kier molecular flexibility index (Phi) is 4.38. The van der Waals surface area contributed by atoms with E-state index in [4.69, 9.17) is 10.5 Å². The van der Waals surface area contributed by atoms with E-state index < -0.39 is 6.10 Å². The first-order valence-corrected chi connectivity index (χ1v) is 5.34. The molecule has 0 aliphatic rings. The van der Waals surface area contributed by atoms with Crippen molar-refractivity contribution in [2.75, 3.05) is 13.7 Å². The fourth-order valence-corrected chi connectivity index (χ4v) is 1.89. The molecule has 0 heterocycles. The summed E-state index contributed by atoms with van der Waals surface area (Å²) in [6.45, 7) is 0.400. The lowest BCUT2D eigenvalue weighted by Gasteiger charge is -2.14. The average molecular weight is 276 g/mol. The molecule has 1 aromatic carbocycles. The molecular weight excluding hydrogens is 262 g/mol. The Hall–Kier alpha value is -0.780. The number of phenols is 1. The smallest absolute Gasteiger partial charge is 0.160 e. The Balaban J connectivity index is 3.06. The molecule has 1 atom stereocenters. The number of nitrogens with two attached hydrogens (primary N) is 1. The van der Waals surface area contributed by atoms with Gasteiger partial charge in [0, 0.05) is 4.47 Å². The molecular formula is C10H14BrNO3. The van der Waals surface area contributed by atoms with Gasteiger partial charge in [-0.25, -0.2) is 0 Å². The Bertz CT molecular complexity index is 344. The van der Waals surface area contributed by atoms with Crippen LogP contribution in [0.15, 0.2) is 16.6 Å². The molecule has 0 unspecified atom stereocenters. The predicted molar refractivity (Wildman–Crippen MR) is 61.0 cm³/mol. The van der Waals surface area contributed by atoms with E-state index in [1.165, 1.54) is 13.2 Å². The number of ether oxygens (including phenoxy) is 1. The van der Waals surface area contributed by atoms with Crippen molar-refractivity contribution >= 4 is 15.9 Å². The van der Waals surface area contributed by atoms with Crippen LogP contribution in [-0.4, -0.2) is 23.9 Å². The van der Waals surface area contributed by atoms with Gasteiger partial charge in [0.25, 0.3) is 0 Å². The summed E-state index contributed by atoms with van der Waals surface area (Å²) in [7, 11) is 1.46. The number of phenolic OH excluding ortho intramolecular Hbond substituents is 1. The van der Waals surface area contributed by atoms with Crippen molar-refractivity contribution in [3.8, 4) is 11.5 Å². The van der Waals surface area contributed by atoms with Crippen LogP contribution >= 0.6 is 15.9 Å². The lowest BCUT2D eigenvalue weighted by atomic mass is 10.1. The quantitative estimate of drug-likeness (QED) is 0.779. The number of methoxy groups -OCH3 is 1. The number of aromatic hydroxyl groups is 1. The normalized spacial score (nSPS) is 12.5. The number of halogens is 1. The molecule has 4 nitrogen and oxygen atoms in total. The van der Waals surface area contributed by atoms with Gasteiger partial charge in [0.05, 0.1) is 13.2 Å². The van der Waals surface area contributed by atoms with Gasteiger partial charge in [-0.2, -0.15) is 0 Å². The van der Waals surface area contributed by atoms with Gasteiger partial charge in [-0.05, 0) is 30.7 Å². The summed E-state index contributed by atoms with van der Waals surface area (Å²) in [5, 5.41) is 19.2. The highest BCUT2D eigenvalue weighted by molar-refractivity contribution is 9.10. The van der Waals surface area contributed by atoms with E-state index in [1.807, 2.05) is 0 Å². The first-order valence-electron chi connectivity index (χ1n) is 4.54. The fourth-order valence-electron chi connectivity index (χ4n) is 1.29. The molecule has 0 fully saturated rings. The van der Waals surface area contributed by atoms with E-state index in [0.29, 0.717) is 28.8 Å². The maximum atomic E-state index is 9.77. The summed E-state index contributed by atoms with van der Waals surface area (Å²) in [6.07, 6.45) is -0.189. The maximum Gasteiger partial charge on any atom is 0.160 e. The topological polar surface area (TPSA) is 75.7 Å². The van der Waals surface area contributed by atoms with Crippen molar-refractivity contribution in [1.82, 2.24) is 0 Å². The van der Waals surface area contributed by atoms with Gasteiger partial charge in [-0.15, -0.1) is 0 Å². The third-order valence-corrected chi connectivity index (χ3v) is 2.78. The molecule has 4 N–H and O–H groups in total. The minimum Gasteiger partial charge on any atom is -0.504 e. The number of aliphatic hydroxyl groups excluding tert-OH is 1. The average Bonchev–Trinajstić information content (AvgIpc) is 2.18. The maximum absolute atomic E-state index is 9.77. The van der Waals surface area contributed by atoms with Gasteiger partial charge in [0.1, 0.15) is 0 Å². The van der Waals surface area contributed by atoms with E-state index in [-0.39, 0.29) is 5.75 Å². The van der Waals surface area contributed by atoms with Crippen molar-refractivity contribution in [1.29, 1.82) is 0 Å². The van der Waals surface area contributed by atoms with Crippen LogP contribution in [0.3, 0.4) is 0 Å². The van der Waals surface area contributed by atoms with Crippen LogP contribution in [0.2, 0.25) is 0 Å². The molecule has 0 amide bonds. The lowest BCUT2D eigenvalue weighted by molar-refractivity contribution is 0.169. The summed E-state index contributed by atoms with van der Waals surface area (Å²) in [5.41, 5.74) is 6.02. The molecule has 0 aliphatic carbocycles.